The van der Waals surface area contributed by atoms with Gasteiger partial charge in [0.25, 0.3) is 0 Å². The number of likely N-dealkylation sites (tertiary alicyclic amines) is 1. The van der Waals surface area contributed by atoms with Gasteiger partial charge in [-0.1, -0.05) is 12.1 Å². The summed E-state index contributed by atoms with van der Waals surface area (Å²) in [6.45, 7) is 3.59. The monoisotopic (exact) mass is 329 g/mol. The van der Waals surface area contributed by atoms with Crippen LogP contribution < -0.4 is 0 Å². The molecule has 1 aromatic rings. The highest BCUT2D eigenvalue weighted by molar-refractivity contribution is 5.80. The molecule has 2 rings (SSSR count). The number of rotatable bonds is 4. The molecular weight excluding hydrogens is 306 g/mol. The molecule has 0 spiro atoms. The first kappa shape index (κ1) is 17.8. The summed E-state index contributed by atoms with van der Waals surface area (Å²) in [4.78, 5) is 27.8. The van der Waals surface area contributed by atoms with Crippen molar-refractivity contribution in [3.05, 3.63) is 35.4 Å². The van der Waals surface area contributed by atoms with Gasteiger partial charge in [-0.3, -0.25) is 4.79 Å². The number of nitriles is 1. The Morgan fingerprint density at radius 2 is 2.25 bits per heavy atom. The maximum atomic E-state index is 12.7. The molecule has 1 aliphatic rings. The Morgan fingerprint density at radius 1 is 1.46 bits per heavy atom. The van der Waals surface area contributed by atoms with Crippen molar-refractivity contribution >= 4 is 12.0 Å². The number of hydrogen-bond acceptors (Lipinski definition) is 4. The zero-order valence-electron chi connectivity index (χ0n) is 14.2. The van der Waals surface area contributed by atoms with Crippen LogP contribution in [0, 0.1) is 17.2 Å². The van der Waals surface area contributed by atoms with Gasteiger partial charge in [-0.2, -0.15) is 5.26 Å². The Labute approximate surface area is 142 Å². The number of hydrogen-bond donors (Lipinski definition) is 0. The highest BCUT2D eigenvalue weighted by atomic mass is 16.6. The Hall–Kier alpha value is -2.55. The van der Waals surface area contributed by atoms with Crippen LogP contribution in [0.25, 0.3) is 0 Å². The summed E-state index contributed by atoms with van der Waals surface area (Å²) in [5, 5.41) is 8.95. The van der Waals surface area contributed by atoms with Gasteiger partial charge in [0.2, 0.25) is 5.91 Å². The maximum absolute atomic E-state index is 12.7. The zero-order valence-corrected chi connectivity index (χ0v) is 14.2. The maximum Gasteiger partial charge on any atom is 0.409 e. The number of carbonyl (C=O) groups excluding carboxylic acids is 2. The second kappa shape index (κ2) is 8.34. The molecule has 1 fully saturated rings. The van der Waals surface area contributed by atoms with Crippen molar-refractivity contribution in [1.29, 1.82) is 5.26 Å². The van der Waals surface area contributed by atoms with Crippen LogP contribution in [0.4, 0.5) is 4.79 Å². The lowest BCUT2D eigenvalue weighted by Crippen LogP contribution is -2.45. The number of amides is 2. The van der Waals surface area contributed by atoms with E-state index in [1.54, 1.807) is 35.9 Å². The van der Waals surface area contributed by atoms with Gasteiger partial charge >= 0.3 is 6.09 Å². The zero-order chi connectivity index (χ0) is 17.5. The minimum absolute atomic E-state index is 0.0198. The van der Waals surface area contributed by atoms with Crippen LogP contribution in [0.2, 0.25) is 0 Å². The average molecular weight is 329 g/mol. The number of carbonyl (C=O) groups is 2. The predicted octanol–water partition coefficient (Wildman–Crippen LogP) is 2.39. The van der Waals surface area contributed by atoms with E-state index < -0.39 is 0 Å². The van der Waals surface area contributed by atoms with Crippen LogP contribution in [0.15, 0.2) is 24.3 Å². The van der Waals surface area contributed by atoms with Crippen molar-refractivity contribution in [2.45, 2.75) is 26.3 Å². The first-order chi connectivity index (χ1) is 11.5. The molecule has 0 N–H and O–H groups in total. The molecule has 0 radical (unpaired) electrons. The van der Waals surface area contributed by atoms with Crippen molar-refractivity contribution < 1.29 is 14.3 Å². The van der Waals surface area contributed by atoms with Gasteiger partial charge in [-0.25, -0.2) is 4.79 Å². The van der Waals surface area contributed by atoms with Gasteiger partial charge in [-0.05, 0) is 37.5 Å². The van der Waals surface area contributed by atoms with Crippen LogP contribution in [0.3, 0.4) is 0 Å². The molecule has 128 valence electrons. The smallest absolute Gasteiger partial charge is 0.409 e. The van der Waals surface area contributed by atoms with Crippen LogP contribution in [-0.2, 0) is 16.1 Å². The predicted molar refractivity (Wildman–Crippen MR) is 89.0 cm³/mol. The molecule has 1 saturated heterocycles. The van der Waals surface area contributed by atoms with Crippen molar-refractivity contribution in [1.82, 2.24) is 9.80 Å². The third-order valence-corrected chi connectivity index (χ3v) is 4.15. The summed E-state index contributed by atoms with van der Waals surface area (Å²) in [5.74, 6) is -0.182. The molecule has 1 heterocycles. The molecule has 0 aromatic heterocycles. The van der Waals surface area contributed by atoms with Gasteiger partial charge in [0, 0.05) is 26.7 Å². The summed E-state index contributed by atoms with van der Waals surface area (Å²) in [7, 11) is 1.75. The van der Waals surface area contributed by atoms with E-state index in [0.717, 1.165) is 18.4 Å². The molecule has 0 aliphatic carbocycles. The Kier molecular flexibility index (Phi) is 6.19. The number of nitrogens with zero attached hydrogens (tertiary/aromatic N) is 3. The van der Waals surface area contributed by atoms with E-state index in [9.17, 15) is 9.59 Å². The first-order valence-electron chi connectivity index (χ1n) is 8.20. The van der Waals surface area contributed by atoms with Crippen LogP contribution in [0.1, 0.15) is 30.9 Å². The first-order valence-corrected chi connectivity index (χ1v) is 8.20. The highest BCUT2D eigenvalue weighted by Gasteiger charge is 2.30. The quantitative estimate of drug-likeness (QED) is 0.850. The Bertz CT molecular complexity index is 639. The topological polar surface area (TPSA) is 73.6 Å². The molecule has 6 heteroatoms. The number of piperidine rings is 1. The molecule has 1 atom stereocenters. The molecule has 0 saturated carbocycles. The fourth-order valence-corrected chi connectivity index (χ4v) is 2.96. The van der Waals surface area contributed by atoms with E-state index in [1.165, 1.54) is 0 Å². The van der Waals surface area contributed by atoms with Crippen molar-refractivity contribution in [3.8, 4) is 6.07 Å². The standard InChI is InChI=1S/C18H23N3O3/c1-3-24-18(23)21-9-5-8-16(13-21)17(22)20(2)12-15-7-4-6-14(10-15)11-19/h4,6-7,10,16H,3,5,8-9,12-13H2,1-2H3/t16-/m1/s1. The Morgan fingerprint density at radius 3 is 2.96 bits per heavy atom. The highest BCUT2D eigenvalue weighted by Crippen LogP contribution is 2.20. The van der Waals surface area contributed by atoms with E-state index in [4.69, 9.17) is 10.00 Å². The molecule has 1 aromatic carbocycles. The molecule has 24 heavy (non-hydrogen) atoms. The van der Waals surface area contributed by atoms with Gasteiger partial charge in [0.1, 0.15) is 0 Å². The third-order valence-electron chi connectivity index (χ3n) is 4.15. The largest absolute Gasteiger partial charge is 0.450 e. The van der Waals surface area contributed by atoms with Crippen molar-refractivity contribution in [2.24, 2.45) is 5.92 Å². The van der Waals surface area contributed by atoms with Crippen molar-refractivity contribution in [3.63, 3.8) is 0 Å². The van der Waals surface area contributed by atoms with Gasteiger partial charge < -0.3 is 14.5 Å². The molecule has 2 amide bonds. The minimum Gasteiger partial charge on any atom is -0.450 e. The molecule has 6 nitrogen and oxygen atoms in total. The van der Waals surface area contributed by atoms with E-state index in [-0.39, 0.29) is 17.9 Å². The second-order valence-electron chi connectivity index (χ2n) is 5.99. The molecule has 0 bridgehead atoms. The second-order valence-corrected chi connectivity index (χ2v) is 5.99. The molecule has 1 aliphatic heterocycles. The molecular formula is C18H23N3O3. The van der Waals surface area contributed by atoms with Gasteiger partial charge in [0.05, 0.1) is 24.2 Å². The van der Waals surface area contributed by atoms with E-state index in [2.05, 4.69) is 6.07 Å². The fourth-order valence-electron chi connectivity index (χ4n) is 2.96. The Balaban J connectivity index is 1.96. The summed E-state index contributed by atoms with van der Waals surface area (Å²) >= 11 is 0. The lowest BCUT2D eigenvalue weighted by molar-refractivity contribution is -0.136. The van der Waals surface area contributed by atoms with Crippen LogP contribution in [-0.4, -0.2) is 48.5 Å². The lowest BCUT2D eigenvalue weighted by Gasteiger charge is -2.33. The normalized spacial score (nSPS) is 17.0. The summed E-state index contributed by atoms with van der Waals surface area (Å²) < 4.78 is 5.02. The van der Waals surface area contributed by atoms with Crippen LogP contribution >= 0.6 is 0 Å². The van der Waals surface area contributed by atoms with E-state index in [1.807, 2.05) is 12.1 Å². The number of ether oxygens (including phenoxy) is 1. The number of benzene rings is 1. The van der Waals surface area contributed by atoms with Crippen LogP contribution in [0.5, 0.6) is 0 Å². The van der Waals surface area contributed by atoms with Gasteiger partial charge in [-0.15, -0.1) is 0 Å². The lowest BCUT2D eigenvalue weighted by atomic mass is 9.96. The summed E-state index contributed by atoms with van der Waals surface area (Å²) in [6, 6.07) is 9.34. The minimum atomic E-state index is -0.348. The van der Waals surface area contributed by atoms with Crippen molar-refractivity contribution in [2.75, 3.05) is 26.7 Å². The SMILES string of the molecule is CCOC(=O)N1CCC[C@@H](C(=O)N(C)Cc2cccc(C#N)c2)C1. The van der Waals surface area contributed by atoms with Gasteiger partial charge in [0.15, 0.2) is 0 Å². The fraction of sp³-hybridized carbons (Fsp3) is 0.500. The molecule has 0 unspecified atom stereocenters. The van der Waals surface area contributed by atoms with E-state index in [0.29, 0.717) is 31.8 Å². The summed E-state index contributed by atoms with van der Waals surface area (Å²) in [6.07, 6.45) is 1.23. The average Bonchev–Trinajstić information content (AvgIpc) is 2.61. The van der Waals surface area contributed by atoms with E-state index >= 15 is 0 Å². The third kappa shape index (κ3) is 4.48. The summed E-state index contributed by atoms with van der Waals surface area (Å²) in [5.41, 5.74) is 1.50.